The number of hydrogen-bond acceptors (Lipinski definition) is 3. The van der Waals surface area contributed by atoms with Crippen molar-refractivity contribution in [2.45, 2.75) is 0 Å². The lowest BCUT2D eigenvalue weighted by molar-refractivity contribution is 0.668. The third-order valence-corrected chi connectivity index (χ3v) is 8.89. The summed E-state index contributed by atoms with van der Waals surface area (Å²) >= 11 is 0. The highest BCUT2D eigenvalue weighted by atomic mass is 16.3. The van der Waals surface area contributed by atoms with Crippen LogP contribution in [-0.4, -0.2) is 0 Å². The van der Waals surface area contributed by atoms with Crippen LogP contribution >= 0.6 is 0 Å². The molecule has 0 saturated carbocycles. The lowest BCUT2D eigenvalue weighted by Gasteiger charge is -2.15. The van der Waals surface area contributed by atoms with Gasteiger partial charge in [0.25, 0.3) is 0 Å². The van der Waals surface area contributed by atoms with Crippen LogP contribution in [0, 0.1) is 11.3 Å². The van der Waals surface area contributed by atoms with Crippen LogP contribution in [-0.2, 0) is 0 Å². The Morgan fingerprint density at radius 1 is 0.348 bits per heavy atom. The molecule has 0 fully saturated rings. The van der Waals surface area contributed by atoms with E-state index in [1.54, 1.807) is 0 Å². The van der Waals surface area contributed by atoms with Crippen molar-refractivity contribution < 1.29 is 8.83 Å². The quantitative estimate of drug-likeness (QED) is 0.206. The number of para-hydroxylation sites is 2. The zero-order valence-corrected chi connectivity index (χ0v) is 24.7. The first kappa shape index (κ1) is 26.1. The first-order valence-corrected chi connectivity index (χ1v) is 15.3. The molecule has 0 N–H and O–H groups in total. The van der Waals surface area contributed by atoms with Gasteiger partial charge in [-0.2, -0.15) is 5.26 Å². The van der Waals surface area contributed by atoms with Gasteiger partial charge in [-0.25, -0.2) is 0 Å². The number of hydrogen-bond donors (Lipinski definition) is 0. The third kappa shape index (κ3) is 4.28. The van der Waals surface area contributed by atoms with Gasteiger partial charge in [0.2, 0.25) is 0 Å². The van der Waals surface area contributed by atoms with Gasteiger partial charge in [0.1, 0.15) is 22.3 Å². The summed E-state index contributed by atoms with van der Waals surface area (Å²) in [6.45, 7) is 0. The molecule has 9 rings (SSSR count). The van der Waals surface area contributed by atoms with E-state index in [9.17, 15) is 5.26 Å². The zero-order chi connectivity index (χ0) is 30.6. The molecule has 0 saturated heterocycles. The number of rotatable bonds is 4. The number of benzene rings is 7. The monoisotopic (exact) mass is 587 g/mol. The Morgan fingerprint density at radius 2 is 0.848 bits per heavy atom. The van der Waals surface area contributed by atoms with Crippen molar-refractivity contribution >= 4 is 43.9 Å². The fourth-order valence-corrected chi connectivity index (χ4v) is 6.67. The molecule has 3 heteroatoms. The maximum absolute atomic E-state index is 9.61. The van der Waals surface area contributed by atoms with Crippen LogP contribution in [0.25, 0.3) is 88.4 Å². The summed E-state index contributed by atoms with van der Waals surface area (Å²) in [7, 11) is 0. The number of furan rings is 2. The molecule has 2 aromatic heterocycles. The van der Waals surface area contributed by atoms with E-state index in [0.717, 1.165) is 88.4 Å². The summed E-state index contributed by atoms with van der Waals surface area (Å²) in [4.78, 5) is 0. The lowest BCUT2D eigenvalue weighted by atomic mass is 9.89. The molecule has 2 heterocycles. The Labute approximate surface area is 265 Å². The number of nitrogens with zero attached hydrogens (tertiary/aromatic N) is 1. The van der Waals surface area contributed by atoms with Crippen molar-refractivity contribution in [2.75, 3.05) is 0 Å². The van der Waals surface area contributed by atoms with Gasteiger partial charge in [0.05, 0.1) is 11.6 Å². The van der Waals surface area contributed by atoms with Crippen molar-refractivity contribution in [1.82, 2.24) is 0 Å². The largest absolute Gasteiger partial charge is 0.456 e. The van der Waals surface area contributed by atoms with E-state index in [-0.39, 0.29) is 0 Å². The highest BCUT2D eigenvalue weighted by molar-refractivity contribution is 6.08. The third-order valence-electron chi connectivity index (χ3n) is 8.89. The van der Waals surface area contributed by atoms with E-state index in [1.165, 1.54) is 0 Å². The average Bonchev–Trinajstić information content (AvgIpc) is 3.69. The fraction of sp³-hybridized carbons (Fsp3) is 0. The Balaban J connectivity index is 1.28. The van der Waals surface area contributed by atoms with Gasteiger partial charge >= 0.3 is 0 Å². The van der Waals surface area contributed by atoms with E-state index >= 15 is 0 Å². The van der Waals surface area contributed by atoms with E-state index in [0.29, 0.717) is 5.56 Å². The summed E-state index contributed by atoms with van der Waals surface area (Å²) in [5.74, 6) is 0. The molecule has 7 aromatic carbocycles. The molecule has 214 valence electrons. The van der Waals surface area contributed by atoms with Gasteiger partial charge in [-0.3, -0.25) is 0 Å². The van der Waals surface area contributed by atoms with Crippen molar-refractivity contribution in [3.63, 3.8) is 0 Å². The lowest BCUT2D eigenvalue weighted by Crippen LogP contribution is -1.89. The standard InChI is InChI=1S/C43H25NO2/c44-26-27-8-7-9-30(20-27)34-10-1-2-11-35(34)33-22-31(28-16-18-42-38(24-28)36-12-3-5-14-40(36)45-42)21-32(23-33)29-17-19-43-39(25-29)37-13-4-6-15-41(37)46-43/h1-25H. The molecule has 0 atom stereocenters. The van der Waals surface area contributed by atoms with Crippen LogP contribution in [0.5, 0.6) is 0 Å². The summed E-state index contributed by atoms with van der Waals surface area (Å²) < 4.78 is 12.3. The van der Waals surface area contributed by atoms with Gasteiger partial charge in [-0.15, -0.1) is 0 Å². The Bertz CT molecular complexity index is 2530. The molecule has 0 unspecified atom stereocenters. The molecule has 0 bridgehead atoms. The van der Waals surface area contributed by atoms with Crippen molar-refractivity contribution in [3.05, 3.63) is 157 Å². The van der Waals surface area contributed by atoms with Gasteiger partial charge in [0.15, 0.2) is 0 Å². The normalized spacial score (nSPS) is 11.5. The van der Waals surface area contributed by atoms with E-state index < -0.39 is 0 Å². The van der Waals surface area contributed by atoms with Crippen LogP contribution in [0.2, 0.25) is 0 Å². The predicted molar refractivity (Wildman–Crippen MR) is 187 cm³/mol. The number of fused-ring (bicyclic) bond motifs is 6. The SMILES string of the molecule is N#Cc1cccc(-c2ccccc2-c2cc(-c3ccc4oc5ccccc5c4c3)cc(-c3ccc4oc5ccccc5c4c3)c2)c1. The highest BCUT2D eigenvalue weighted by Gasteiger charge is 2.15. The first-order valence-electron chi connectivity index (χ1n) is 15.3. The first-order chi connectivity index (χ1) is 22.7. The fourth-order valence-electron chi connectivity index (χ4n) is 6.67. The maximum Gasteiger partial charge on any atom is 0.135 e. The molecule has 0 aliphatic heterocycles. The molecule has 0 spiro atoms. The van der Waals surface area contributed by atoms with Gasteiger partial charge in [-0.05, 0) is 111 Å². The highest BCUT2D eigenvalue weighted by Crippen LogP contribution is 2.40. The van der Waals surface area contributed by atoms with Crippen LogP contribution in [0.4, 0.5) is 0 Å². The second kappa shape index (κ2) is 10.4. The smallest absolute Gasteiger partial charge is 0.135 e. The van der Waals surface area contributed by atoms with Crippen molar-refractivity contribution in [1.29, 1.82) is 5.26 Å². The minimum Gasteiger partial charge on any atom is -0.456 e. The second-order valence-corrected chi connectivity index (χ2v) is 11.7. The minimum absolute atomic E-state index is 0.642. The molecule has 0 aliphatic rings. The van der Waals surface area contributed by atoms with Crippen molar-refractivity contribution in [2.24, 2.45) is 0 Å². The van der Waals surface area contributed by atoms with Crippen LogP contribution < -0.4 is 0 Å². The maximum atomic E-state index is 9.61. The second-order valence-electron chi connectivity index (χ2n) is 11.7. The summed E-state index contributed by atoms with van der Waals surface area (Å²) in [6.07, 6.45) is 0. The number of nitriles is 1. The average molecular weight is 588 g/mol. The van der Waals surface area contributed by atoms with Gasteiger partial charge in [-0.1, -0.05) is 84.9 Å². The Hall–Kier alpha value is -6.37. The molecule has 3 nitrogen and oxygen atoms in total. The summed E-state index contributed by atoms with van der Waals surface area (Å²) in [5.41, 5.74) is 12.9. The van der Waals surface area contributed by atoms with Gasteiger partial charge in [0, 0.05) is 21.5 Å². The zero-order valence-electron chi connectivity index (χ0n) is 24.7. The Morgan fingerprint density at radius 3 is 1.43 bits per heavy atom. The van der Waals surface area contributed by atoms with Crippen LogP contribution in [0.3, 0.4) is 0 Å². The van der Waals surface area contributed by atoms with Gasteiger partial charge < -0.3 is 8.83 Å². The predicted octanol–water partition coefficient (Wildman–Crippen LogP) is 12.0. The van der Waals surface area contributed by atoms with Crippen LogP contribution in [0.1, 0.15) is 5.56 Å². The Kier molecular flexibility index (Phi) is 5.88. The molecule has 9 aromatic rings. The molecular formula is C43H25NO2. The van der Waals surface area contributed by atoms with Crippen LogP contribution in [0.15, 0.2) is 160 Å². The van der Waals surface area contributed by atoms with Crippen molar-refractivity contribution in [3.8, 4) is 50.6 Å². The molecular weight excluding hydrogens is 562 g/mol. The molecule has 46 heavy (non-hydrogen) atoms. The molecule has 0 radical (unpaired) electrons. The van der Waals surface area contributed by atoms with E-state index in [2.05, 4.69) is 115 Å². The minimum atomic E-state index is 0.642. The molecule has 0 amide bonds. The van der Waals surface area contributed by atoms with E-state index in [4.69, 9.17) is 8.83 Å². The van der Waals surface area contributed by atoms with E-state index in [1.807, 2.05) is 42.5 Å². The summed E-state index contributed by atoms with van der Waals surface area (Å²) in [5, 5.41) is 14.0. The topological polar surface area (TPSA) is 50.1 Å². The molecule has 0 aliphatic carbocycles. The summed E-state index contributed by atoms with van der Waals surface area (Å²) in [6, 6.07) is 54.6.